The predicted octanol–water partition coefficient (Wildman–Crippen LogP) is 4.28. The quantitative estimate of drug-likeness (QED) is 0.756. The summed E-state index contributed by atoms with van der Waals surface area (Å²) in [5.41, 5.74) is -2.40. The Labute approximate surface area is 109 Å². The molecule has 2 nitrogen and oxygen atoms in total. The van der Waals surface area contributed by atoms with E-state index in [9.17, 15) is 22.0 Å². The van der Waals surface area contributed by atoms with Crippen molar-refractivity contribution in [3.8, 4) is 5.69 Å². The molecule has 0 aliphatic heterocycles. The number of halogens is 6. The molecule has 0 atom stereocenters. The lowest BCUT2D eigenvalue weighted by atomic mass is 10.1. The summed E-state index contributed by atoms with van der Waals surface area (Å²) in [6, 6.07) is 4.91. The lowest BCUT2D eigenvalue weighted by Gasteiger charge is -2.14. The van der Waals surface area contributed by atoms with Crippen LogP contribution in [-0.2, 0) is 6.18 Å². The van der Waals surface area contributed by atoms with Crippen molar-refractivity contribution in [1.82, 2.24) is 9.78 Å². The van der Waals surface area contributed by atoms with E-state index in [0.717, 1.165) is 12.3 Å². The van der Waals surface area contributed by atoms with E-state index in [1.165, 1.54) is 6.07 Å². The molecule has 0 spiro atoms. The SMILES string of the molecule is FC(F)c1[c]cnn1-c1ccc(Cl)cc1C(F)(F)F. The van der Waals surface area contributed by atoms with E-state index in [2.05, 4.69) is 11.2 Å². The first-order valence-electron chi connectivity index (χ1n) is 4.91. The Morgan fingerprint density at radius 3 is 2.53 bits per heavy atom. The highest BCUT2D eigenvalue weighted by Gasteiger charge is 2.35. The van der Waals surface area contributed by atoms with Gasteiger partial charge in [0.05, 0.1) is 17.4 Å². The second-order valence-corrected chi connectivity index (χ2v) is 3.98. The molecule has 101 valence electrons. The van der Waals surface area contributed by atoms with Crippen molar-refractivity contribution in [1.29, 1.82) is 0 Å². The van der Waals surface area contributed by atoms with Crippen LogP contribution in [0, 0.1) is 6.07 Å². The molecule has 0 aliphatic rings. The lowest BCUT2D eigenvalue weighted by Crippen LogP contribution is -2.13. The number of nitrogens with zero attached hydrogens (tertiary/aromatic N) is 2. The number of hydrogen-bond donors (Lipinski definition) is 0. The highest BCUT2D eigenvalue weighted by atomic mass is 35.5. The van der Waals surface area contributed by atoms with Gasteiger partial charge in [-0.05, 0) is 18.2 Å². The summed E-state index contributed by atoms with van der Waals surface area (Å²) in [5, 5.41) is 3.30. The summed E-state index contributed by atoms with van der Waals surface area (Å²) >= 11 is 5.50. The zero-order chi connectivity index (χ0) is 14.2. The van der Waals surface area contributed by atoms with Gasteiger partial charge in [-0.15, -0.1) is 0 Å². The molecule has 0 fully saturated rings. The van der Waals surface area contributed by atoms with Gasteiger partial charge in [0.15, 0.2) is 0 Å². The molecule has 0 amide bonds. The first-order chi connectivity index (χ1) is 8.80. The van der Waals surface area contributed by atoms with Crippen molar-refractivity contribution in [3.05, 3.63) is 46.7 Å². The molecule has 1 aromatic heterocycles. The van der Waals surface area contributed by atoms with E-state index in [0.29, 0.717) is 10.7 Å². The minimum atomic E-state index is -4.73. The standard InChI is InChI=1S/C11H5ClF5N2/c12-6-1-2-8(7(5-6)11(15,16)17)19-9(10(13)14)3-4-18-19/h1-2,4-5,10H. The first kappa shape index (κ1) is 13.8. The van der Waals surface area contributed by atoms with Gasteiger partial charge in [0.25, 0.3) is 6.43 Å². The molecule has 1 heterocycles. The highest BCUT2D eigenvalue weighted by Crippen LogP contribution is 2.36. The van der Waals surface area contributed by atoms with Gasteiger partial charge in [0.1, 0.15) is 5.69 Å². The minimum absolute atomic E-state index is 0.147. The largest absolute Gasteiger partial charge is 0.418 e. The van der Waals surface area contributed by atoms with E-state index >= 15 is 0 Å². The van der Waals surface area contributed by atoms with Gasteiger partial charge in [0.2, 0.25) is 0 Å². The Bertz CT molecular complexity index is 591. The normalized spacial score (nSPS) is 12.2. The molecular weight excluding hydrogens is 291 g/mol. The summed E-state index contributed by atoms with van der Waals surface area (Å²) < 4.78 is 64.4. The lowest BCUT2D eigenvalue weighted by molar-refractivity contribution is -0.137. The third-order valence-corrected chi connectivity index (χ3v) is 2.55. The van der Waals surface area contributed by atoms with E-state index in [1.807, 2.05) is 0 Å². The summed E-state index contributed by atoms with van der Waals surface area (Å²) in [6.07, 6.45) is -6.83. The van der Waals surface area contributed by atoms with E-state index in [1.54, 1.807) is 0 Å². The third kappa shape index (κ3) is 2.70. The second-order valence-electron chi connectivity index (χ2n) is 3.55. The maximum Gasteiger partial charge on any atom is 0.418 e. The fraction of sp³-hybridized carbons (Fsp3) is 0.182. The summed E-state index contributed by atoms with van der Waals surface area (Å²) in [4.78, 5) is 0. The van der Waals surface area contributed by atoms with Gasteiger partial charge >= 0.3 is 6.18 Å². The average molecular weight is 296 g/mol. The van der Waals surface area contributed by atoms with Crippen LogP contribution in [0.2, 0.25) is 5.02 Å². The van der Waals surface area contributed by atoms with Crippen molar-refractivity contribution >= 4 is 11.6 Å². The maximum absolute atomic E-state index is 12.9. The van der Waals surface area contributed by atoms with Crippen LogP contribution in [0.15, 0.2) is 24.4 Å². The molecule has 0 unspecified atom stereocenters. The molecule has 0 saturated heterocycles. The molecule has 19 heavy (non-hydrogen) atoms. The molecule has 0 N–H and O–H groups in total. The summed E-state index contributed by atoms with van der Waals surface area (Å²) in [5.74, 6) is 0. The third-order valence-electron chi connectivity index (χ3n) is 2.31. The van der Waals surface area contributed by atoms with Crippen LogP contribution in [0.5, 0.6) is 0 Å². The number of aromatic nitrogens is 2. The fourth-order valence-electron chi connectivity index (χ4n) is 1.54. The minimum Gasteiger partial charge on any atom is -0.231 e. The van der Waals surface area contributed by atoms with Crippen molar-refractivity contribution in [2.24, 2.45) is 0 Å². The van der Waals surface area contributed by atoms with Crippen molar-refractivity contribution in [3.63, 3.8) is 0 Å². The Balaban J connectivity index is 2.65. The molecule has 0 saturated carbocycles. The number of rotatable bonds is 2. The Kier molecular flexibility index (Phi) is 3.49. The van der Waals surface area contributed by atoms with E-state index < -0.39 is 29.5 Å². The van der Waals surface area contributed by atoms with Gasteiger partial charge in [-0.2, -0.15) is 18.3 Å². The Morgan fingerprint density at radius 2 is 1.95 bits per heavy atom. The van der Waals surface area contributed by atoms with Crippen LogP contribution < -0.4 is 0 Å². The number of alkyl halides is 5. The van der Waals surface area contributed by atoms with Crippen LogP contribution in [0.1, 0.15) is 17.7 Å². The summed E-state index contributed by atoms with van der Waals surface area (Å²) in [6.45, 7) is 0. The Hall–Kier alpha value is -1.63. The summed E-state index contributed by atoms with van der Waals surface area (Å²) in [7, 11) is 0. The van der Waals surface area contributed by atoms with Gasteiger partial charge in [-0.3, -0.25) is 0 Å². The number of hydrogen-bond acceptors (Lipinski definition) is 1. The highest BCUT2D eigenvalue weighted by molar-refractivity contribution is 6.30. The molecule has 2 aromatic rings. The number of benzene rings is 1. The smallest absolute Gasteiger partial charge is 0.231 e. The zero-order valence-corrected chi connectivity index (χ0v) is 9.80. The molecule has 0 aliphatic carbocycles. The van der Waals surface area contributed by atoms with Gasteiger partial charge in [-0.25, -0.2) is 13.5 Å². The molecular formula is C11H5ClF5N2. The maximum atomic E-state index is 12.9. The van der Waals surface area contributed by atoms with Gasteiger partial charge in [0, 0.05) is 11.1 Å². The first-order valence-corrected chi connectivity index (χ1v) is 5.29. The molecule has 0 bridgehead atoms. The molecule has 1 radical (unpaired) electrons. The van der Waals surface area contributed by atoms with Gasteiger partial charge in [-0.1, -0.05) is 11.6 Å². The molecule has 2 rings (SSSR count). The van der Waals surface area contributed by atoms with Gasteiger partial charge < -0.3 is 0 Å². The zero-order valence-electron chi connectivity index (χ0n) is 9.05. The molecule has 1 aromatic carbocycles. The topological polar surface area (TPSA) is 17.8 Å². The van der Waals surface area contributed by atoms with Crippen molar-refractivity contribution in [2.75, 3.05) is 0 Å². The Morgan fingerprint density at radius 1 is 1.26 bits per heavy atom. The van der Waals surface area contributed by atoms with Crippen LogP contribution >= 0.6 is 11.6 Å². The van der Waals surface area contributed by atoms with Crippen LogP contribution in [-0.4, -0.2) is 9.78 Å². The molecule has 8 heteroatoms. The fourth-order valence-corrected chi connectivity index (χ4v) is 1.72. The predicted molar refractivity (Wildman–Crippen MR) is 57.4 cm³/mol. The van der Waals surface area contributed by atoms with Crippen LogP contribution in [0.4, 0.5) is 22.0 Å². The van der Waals surface area contributed by atoms with Crippen LogP contribution in [0.25, 0.3) is 5.69 Å². The van der Waals surface area contributed by atoms with Crippen LogP contribution in [0.3, 0.4) is 0 Å². The average Bonchev–Trinajstić information content (AvgIpc) is 2.76. The van der Waals surface area contributed by atoms with Crippen molar-refractivity contribution in [2.45, 2.75) is 12.6 Å². The van der Waals surface area contributed by atoms with Crippen molar-refractivity contribution < 1.29 is 22.0 Å². The van der Waals surface area contributed by atoms with E-state index in [4.69, 9.17) is 11.6 Å². The second kappa shape index (κ2) is 4.80. The van der Waals surface area contributed by atoms with E-state index in [-0.39, 0.29) is 5.02 Å². The monoisotopic (exact) mass is 295 g/mol.